The van der Waals surface area contributed by atoms with Crippen LogP contribution >= 0.6 is 27.3 Å². The number of nitrogens with zero attached hydrogens (tertiary/aromatic N) is 2. The molecule has 2 heterocycles. The van der Waals surface area contributed by atoms with Gasteiger partial charge in [-0.2, -0.15) is 0 Å². The van der Waals surface area contributed by atoms with Crippen molar-refractivity contribution >= 4 is 39.3 Å². The van der Waals surface area contributed by atoms with Crippen molar-refractivity contribution in [1.82, 2.24) is 4.57 Å². The van der Waals surface area contributed by atoms with Crippen molar-refractivity contribution in [1.29, 1.82) is 0 Å². The fourth-order valence-corrected chi connectivity index (χ4v) is 5.54. The molecule has 1 N–H and O–H groups in total. The normalized spacial score (nSPS) is 15.4. The molecule has 1 atom stereocenters. The number of esters is 1. The highest BCUT2D eigenvalue weighted by Gasteiger charge is 2.35. The van der Waals surface area contributed by atoms with E-state index in [1.165, 1.54) is 22.0 Å². The lowest BCUT2D eigenvalue weighted by atomic mass is 9.95. The first-order valence-corrected chi connectivity index (χ1v) is 13.3. The lowest BCUT2D eigenvalue weighted by Gasteiger charge is -2.26. The van der Waals surface area contributed by atoms with E-state index in [0.29, 0.717) is 44.3 Å². The molecule has 194 valence electrons. The number of phenols is 1. The van der Waals surface area contributed by atoms with Crippen molar-refractivity contribution in [3.63, 3.8) is 0 Å². The van der Waals surface area contributed by atoms with Crippen LogP contribution in [0, 0.1) is 0 Å². The minimum atomic E-state index is -0.809. The van der Waals surface area contributed by atoms with Gasteiger partial charge >= 0.3 is 5.97 Å². The summed E-state index contributed by atoms with van der Waals surface area (Å²) < 4.78 is 19.3. The Kier molecular flexibility index (Phi) is 7.89. The Morgan fingerprint density at radius 2 is 2.00 bits per heavy atom. The summed E-state index contributed by atoms with van der Waals surface area (Å²) in [7, 11) is 1.54. The highest BCUT2D eigenvalue weighted by atomic mass is 79.9. The maximum atomic E-state index is 13.8. The molecule has 1 aliphatic rings. The minimum Gasteiger partial charge on any atom is -0.504 e. The Balaban J connectivity index is 1.97. The topological polar surface area (TPSA) is 99.4 Å². The van der Waals surface area contributed by atoms with Crippen molar-refractivity contribution in [3.05, 3.63) is 83.0 Å². The molecule has 0 spiro atoms. The summed E-state index contributed by atoms with van der Waals surface area (Å²) in [5.74, 6) is 0.325. The van der Waals surface area contributed by atoms with Crippen LogP contribution in [0.2, 0.25) is 0 Å². The molecule has 1 aliphatic heterocycles. The van der Waals surface area contributed by atoms with Gasteiger partial charge < -0.3 is 19.3 Å². The second kappa shape index (κ2) is 10.9. The molecule has 0 unspecified atom stereocenters. The molecule has 4 rings (SSSR count). The van der Waals surface area contributed by atoms with Crippen molar-refractivity contribution in [3.8, 4) is 17.2 Å². The van der Waals surface area contributed by atoms with Crippen LogP contribution < -0.4 is 24.4 Å². The van der Waals surface area contributed by atoms with Crippen molar-refractivity contribution in [2.75, 3.05) is 13.7 Å². The zero-order valence-electron chi connectivity index (χ0n) is 21.1. The zero-order valence-corrected chi connectivity index (χ0v) is 23.5. The molecule has 0 bridgehead atoms. The summed E-state index contributed by atoms with van der Waals surface area (Å²) in [6, 6.07) is 9.51. The quantitative estimate of drug-likeness (QED) is 0.419. The summed E-state index contributed by atoms with van der Waals surface area (Å²) in [6.07, 6.45) is 1.36. The second-order valence-corrected chi connectivity index (χ2v) is 10.5. The average molecular weight is 587 g/mol. The highest BCUT2D eigenvalue weighted by molar-refractivity contribution is 9.10. The Hall–Kier alpha value is -3.37. The summed E-state index contributed by atoms with van der Waals surface area (Å²) in [5, 5.41) is 10.0. The predicted molar refractivity (Wildman–Crippen MR) is 145 cm³/mol. The Bertz CT molecular complexity index is 1570. The van der Waals surface area contributed by atoms with Gasteiger partial charge in [0.2, 0.25) is 0 Å². The van der Waals surface area contributed by atoms with E-state index in [9.17, 15) is 14.7 Å². The number of halogens is 1. The van der Waals surface area contributed by atoms with E-state index >= 15 is 0 Å². The highest BCUT2D eigenvalue weighted by Crippen LogP contribution is 2.37. The number of ether oxygens (including phenoxy) is 3. The van der Waals surface area contributed by atoms with Gasteiger partial charge in [0.15, 0.2) is 16.3 Å². The third-order valence-corrected chi connectivity index (χ3v) is 7.13. The minimum absolute atomic E-state index is 0.0196. The van der Waals surface area contributed by atoms with Gasteiger partial charge in [-0.05, 0) is 69.7 Å². The second-order valence-electron chi connectivity index (χ2n) is 8.58. The lowest BCUT2D eigenvalue weighted by molar-refractivity contribution is -0.143. The molecule has 3 aromatic rings. The number of carbonyl (C=O) groups is 1. The smallest absolute Gasteiger partial charge is 0.338 e. The van der Waals surface area contributed by atoms with Gasteiger partial charge in [0.1, 0.15) is 11.8 Å². The van der Waals surface area contributed by atoms with Crippen LogP contribution in [0.15, 0.2) is 61.9 Å². The molecule has 0 radical (unpaired) electrons. The van der Waals surface area contributed by atoms with E-state index in [2.05, 4.69) is 20.9 Å². The van der Waals surface area contributed by atoms with Gasteiger partial charge in [-0.3, -0.25) is 9.36 Å². The third kappa shape index (κ3) is 5.35. The van der Waals surface area contributed by atoms with Crippen molar-refractivity contribution in [2.24, 2.45) is 4.99 Å². The molecule has 0 amide bonds. The van der Waals surface area contributed by atoms with Gasteiger partial charge in [-0.1, -0.05) is 33.3 Å². The molecule has 8 nitrogen and oxygen atoms in total. The Morgan fingerprint density at radius 3 is 2.68 bits per heavy atom. The number of benzene rings is 2. The summed E-state index contributed by atoms with van der Waals surface area (Å²) in [4.78, 5) is 32.2. The van der Waals surface area contributed by atoms with E-state index in [1.807, 2.05) is 19.1 Å². The fraction of sp³-hybridized carbons (Fsp3) is 0.296. The number of carbonyl (C=O) groups excluding carboxylic acids is 1. The number of aromatic nitrogens is 1. The molecule has 0 aliphatic carbocycles. The van der Waals surface area contributed by atoms with Crippen LogP contribution in [-0.2, 0) is 9.53 Å². The number of hydrogen-bond donors (Lipinski definition) is 1. The lowest BCUT2D eigenvalue weighted by Crippen LogP contribution is -2.40. The third-order valence-electron chi connectivity index (χ3n) is 5.65. The van der Waals surface area contributed by atoms with Gasteiger partial charge in [0.25, 0.3) is 5.56 Å². The van der Waals surface area contributed by atoms with Gasteiger partial charge in [-0.15, -0.1) is 0 Å². The number of allylic oxidation sites excluding steroid dienone is 1. The number of fused-ring (bicyclic) bond motifs is 1. The fourth-order valence-electron chi connectivity index (χ4n) is 4.12. The van der Waals surface area contributed by atoms with Gasteiger partial charge in [-0.25, -0.2) is 9.79 Å². The number of rotatable bonds is 7. The first-order valence-electron chi connectivity index (χ1n) is 11.7. The maximum Gasteiger partial charge on any atom is 0.338 e. The van der Waals surface area contributed by atoms with Crippen molar-refractivity contribution < 1.29 is 24.1 Å². The summed E-state index contributed by atoms with van der Waals surface area (Å²) >= 11 is 4.72. The molecule has 10 heteroatoms. The van der Waals surface area contributed by atoms with E-state index in [0.717, 1.165) is 4.47 Å². The largest absolute Gasteiger partial charge is 0.504 e. The molecule has 0 saturated carbocycles. The van der Waals surface area contributed by atoms with Gasteiger partial charge in [0, 0.05) is 10.0 Å². The van der Waals surface area contributed by atoms with E-state index in [4.69, 9.17) is 14.2 Å². The number of methoxy groups -OCH3 is 1. The monoisotopic (exact) mass is 586 g/mol. The standard InChI is InChI=1S/C27H27BrN2O6S/c1-6-35-21-11-16(7-9-19(21)31)12-22-25(32)30-24(18-13-17(28)8-10-20(18)34-5)23(26(33)36-14(2)3)15(4)29-27(30)37-22/h7-14,24,31H,6H2,1-5H3/b22-12-/t24-/m1/s1. The SMILES string of the molecule is CCOc1cc(/C=c2\sc3n(c2=O)[C@H](c2cc(Br)ccc2OC)C(C(=O)OC(C)C)=C(C)N=3)ccc1O. The summed E-state index contributed by atoms with van der Waals surface area (Å²) in [6.45, 7) is 7.49. The Labute approximate surface area is 226 Å². The molecule has 2 aromatic carbocycles. The van der Waals surface area contributed by atoms with Crippen LogP contribution in [-0.4, -0.2) is 35.5 Å². The van der Waals surface area contributed by atoms with Crippen LogP contribution in [0.5, 0.6) is 17.2 Å². The number of thiazole rings is 1. The molecule has 0 fully saturated rings. The first kappa shape index (κ1) is 26.7. The zero-order chi connectivity index (χ0) is 26.9. The molecular weight excluding hydrogens is 560 g/mol. The average Bonchev–Trinajstić information content (AvgIpc) is 3.14. The molecule has 37 heavy (non-hydrogen) atoms. The van der Waals surface area contributed by atoms with Crippen LogP contribution in [0.4, 0.5) is 0 Å². The van der Waals surface area contributed by atoms with E-state index in [1.54, 1.807) is 52.2 Å². The maximum absolute atomic E-state index is 13.8. The number of phenolic OH excluding ortho intramolecular Hbond substituents is 1. The van der Waals surface area contributed by atoms with Crippen LogP contribution in [0.3, 0.4) is 0 Å². The van der Waals surface area contributed by atoms with Crippen molar-refractivity contribution in [2.45, 2.75) is 39.8 Å². The van der Waals surface area contributed by atoms with E-state index < -0.39 is 12.0 Å². The molecular formula is C27H27BrN2O6S. The predicted octanol–water partition coefficient (Wildman–Crippen LogP) is 4.06. The number of hydrogen-bond acceptors (Lipinski definition) is 8. The van der Waals surface area contributed by atoms with Crippen LogP contribution in [0.25, 0.3) is 6.08 Å². The Morgan fingerprint density at radius 1 is 1.24 bits per heavy atom. The summed E-state index contributed by atoms with van der Waals surface area (Å²) in [5.41, 5.74) is 1.72. The van der Waals surface area contributed by atoms with Gasteiger partial charge in [0.05, 0.1) is 35.6 Å². The van der Waals surface area contributed by atoms with E-state index in [-0.39, 0.29) is 23.0 Å². The molecule has 1 aromatic heterocycles. The number of aromatic hydroxyl groups is 1. The van der Waals surface area contributed by atoms with Crippen LogP contribution in [0.1, 0.15) is 44.9 Å². The molecule has 0 saturated heterocycles. The first-order chi connectivity index (χ1) is 17.6.